The van der Waals surface area contributed by atoms with E-state index < -0.39 is 11.9 Å². The lowest BCUT2D eigenvalue weighted by molar-refractivity contribution is -0.137. The van der Waals surface area contributed by atoms with E-state index in [0.717, 1.165) is 19.3 Å². The van der Waals surface area contributed by atoms with Gasteiger partial charge in [0.1, 0.15) is 0 Å². The predicted molar refractivity (Wildman–Crippen MR) is 68.6 cm³/mol. The van der Waals surface area contributed by atoms with Crippen molar-refractivity contribution < 1.29 is 19.8 Å². The van der Waals surface area contributed by atoms with Crippen LogP contribution in [-0.2, 0) is 9.59 Å². The molecule has 4 saturated carbocycles. The maximum absolute atomic E-state index is 11.1. The van der Waals surface area contributed by atoms with Gasteiger partial charge in [0.25, 0.3) is 0 Å². The van der Waals surface area contributed by atoms with E-state index in [2.05, 4.69) is 0 Å². The van der Waals surface area contributed by atoms with E-state index in [1.807, 2.05) is 0 Å². The molecule has 4 rings (SSSR count). The molecule has 4 nitrogen and oxygen atoms in total. The van der Waals surface area contributed by atoms with E-state index >= 15 is 0 Å². The molecule has 4 aliphatic carbocycles. The van der Waals surface area contributed by atoms with E-state index in [1.54, 1.807) is 0 Å². The number of hydrogen-bond acceptors (Lipinski definition) is 2. The molecule has 0 aromatic carbocycles. The zero-order valence-corrected chi connectivity index (χ0v) is 11.0. The van der Waals surface area contributed by atoms with Crippen molar-refractivity contribution in [2.75, 3.05) is 0 Å². The summed E-state index contributed by atoms with van der Waals surface area (Å²) < 4.78 is 0. The third kappa shape index (κ3) is 2.28. The first-order valence-electron chi connectivity index (χ1n) is 7.12. The van der Waals surface area contributed by atoms with Crippen molar-refractivity contribution in [1.29, 1.82) is 0 Å². The Hall–Kier alpha value is -1.32. The third-order valence-corrected chi connectivity index (χ3v) is 5.36. The van der Waals surface area contributed by atoms with Crippen LogP contribution in [0.5, 0.6) is 0 Å². The summed E-state index contributed by atoms with van der Waals surface area (Å²) in [6, 6.07) is 0. The molecule has 0 aliphatic heterocycles. The fraction of sp³-hybridized carbons (Fsp3) is 0.733. The Morgan fingerprint density at radius 2 is 1.47 bits per heavy atom. The van der Waals surface area contributed by atoms with Gasteiger partial charge < -0.3 is 10.2 Å². The number of carboxylic acid groups (broad SMARTS) is 2. The summed E-state index contributed by atoms with van der Waals surface area (Å²) in [6.07, 6.45) is 7.90. The summed E-state index contributed by atoms with van der Waals surface area (Å²) in [5, 5.41) is 18.1. The second-order valence-electron chi connectivity index (χ2n) is 6.78. The van der Waals surface area contributed by atoms with E-state index in [1.165, 1.54) is 25.3 Å². The van der Waals surface area contributed by atoms with Crippen molar-refractivity contribution in [3.05, 3.63) is 11.6 Å². The van der Waals surface area contributed by atoms with Crippen LogP contribution in [0.1, 0.15) is 44.9 Å². The molecule has 0 saturated heterocycles. The summed E-state index contributed by atoms with van der Waals surface area (Å²) in [4.78, 5) is 22.1. The molecule has 0 radical (unpaired) electrons. The number of carboxylic acids is 2. The molecule has 4 heteroatoms. The summed E-state index contributed by atoms with van der Waals surface area (Å²) in [7, 11) is 0. The van der Waals surface area contributed by atoms with Crippen molar-refractivity contribution in [3.63, 3.8) is 0 Å². The minimum absolute atomic E-state index is 0.113. The van der Waals surface area contributed by atoms with Crippen molar-refractivity contribution >= 4 is 11.9 Å². The predicted octanol–water partition coefficient (Wildman–Crippen LogP) is 2.69. The van der Waals surface area contributed by atoms with Crippen LogP contribution in [-0.4, -0.2) is 22.2 Å². The highest BCUT2D eigenvalue weighted by atomic mass is 16.4. The van der Waals surface area contributed by atoms with Crippen LogP contribution in [0.25, 0.3) is 0 Å². The average Bonchev–Trinajstić information content (AvgIpc) is 2.24. The van der Waals surface area contributed by atoms with E-state index in [0.29, 0.717) is 23.3 Å². The molecule has 0 heterocycles. The average molecular weight is 264 g/mol. The van der Waals surface area contributed by atoms with Crippen molar-refractivity contribution in [2.45, 2.75) is 44.9 Å². The van der Waals surface area contributed by atoms with E-state index in [4.69, 9.17) is 10.2 Å². The largest absolute Gasteiger partial charge is 0.481 e. The van der Waals surface area contributed by atoms with Gasteiger partial charge in [0, 0.05) is 6.08 Å². The van der Waals surface area contributed by atoms with Crippen LogP contribution >= 0.6 is 0 Å². The maximum atomic E-state index is 11.1. The first-order valence-corrected chi connectivity index (χ1v) is 7.12. The molecule has 4 fully saturated rings. The summed E-state index contributed by atoms with van der Waals surface area (Å²) in [5.74, 6) is 0.155. The molecule has 0 aromatic heterocycles. The topological polar surface area (TPSA) is 74.6 Å². The molecule has 0 amide bonds. The molecule has 104 valence electrons. The lowest BCUT2D eigenvalue weighted by Crippen LogP contribution is -2.47. The minimum atomic E-state index is -1.01. The molecule has 4 aliphatic rings. The first kappa shape index (κ1) is 12.7. The number of aliphatic carboxylic acids is 2. The molecule has 0 spiro atoms. The Labute approximate surface area is 112 Å². The lowest BCUT2D eigenvalue weighted by Gasteiger charge is -2.57. The van der Waals surface area contributed by atoms with Crippen LogP contribution in [0.2, 0.25) is 0 Å². The van der Waals surface area contributed by atoms with Crippen LogP contribution < -0.4 is 0 Å². The van der Waals surface area contributed by atoms with Crippen LogP contribution in [0.15, 0.2) is 11.6 Å². The van der Waals surface area contributed by atoms with Gasteiger partial charge in [0.05, 0.1) is 6.42 Å². The standard InChI is InChI=1S/C15H20O4/c16-13(17)4-12(5-14(18)19)15-6-9-1-10(7-15)3-11(2-9)8-15/h4,9-11H,1-3,5-8H2,(H,16,17)(H,18,19)/b12-4+. The van der Waals surface area contributed by atoms with Gasteiger partial charge in [-0.2, -0.15) is 0 Å². The molecule has 0 aromatic rings. The van der Waals surface area contributed by atoms with Crippen LogP contribution in [0.4, 0.5) is 0 Å². The Morgan fingerprint density at radius 1 is 1.00 bits per heavy atom. The van der Waals surface area contributed by atoms with Crippen molar-refractivity contribution in [1.82, 2.24) is 0 Å². The van der Waals surface area contributed by atoms with E-state index in [9.17, 15) is 9.59 Å². The number of hydrogen-bond donors (Lipinski definition) is 2. The van der Waals surface area contributed by atoms with Gasteiger partial charge in [0.2, 0.25) is 0 Å². The van der Waals surface area contributed by atoms with Gasteiger partial charge in [-0.3, -0.25) is 4.79 Å². The van der Waals surface area contributed by atoms with E-state index in [-0.39, 0.29) is 11.8 Å². The Bertz CT molecular complexity index is 414. The van der Waals surface area contributed by atoms with Crippen LogP contribution in [0, 0.1) is 23.2 Å². The zero-order chi connectivity index (χ0) is 13.6. The quantitative estimate of drug-likeness (QED) is 0.765. The van der Waals surface area contributed by atoms with Gasteiger partial charge in [-0.15, -0.1) is 0 Å². The second-order valence-corrected chi connectivity index (χ2v) is 6.78. The molecule has 0 atom stereocenters. The smallest absolute Gasteiger partial charge is 0.328 e. The summed E-state index contributed by atoms with van der Waals surface area (Å²) >= 11 is 0. The highest BCUT2D eigenvalue weighted by molar-refractivity contribution is 5.83. The van der Waals surface area contributed by atoms with Gasteiger partial charge in [-0.05, 0) is 67.3 Å². The number of carbonyl (C=O) groups is 2. The fourth-order valence-electron chi connectivity index (χ4n) is 5.21. The molecular weight excluding hydrogens is 244 g/mol. The molecule has 0 unspecified atom stereocenters. The SMILES string of the molecule is O=C(O)/C=C(\CC(=O)O)C12CC3CC(CC(C3)C1)C2. The molecule has 2 N–H and O–H groups in total. The Balaban J connectivity index is 1.93. The highest BCUT2D eigenvalue weighted by Gasteiger charge is 2.52. The fourth-order valence-corrected chi connectivity index (χ4v) is 5.21. The van der Waals surface area contributed by atoms with Crippen molar-refractivity contribution in [2.24, 2.45) is 23.2 Å². The highest BCUT2D eigenvalue weighted by Crippen LogP contribution is 2.63. The zero-order valence-electron chi connectivity index (χ0n) is 11.0. The monoisotopic (exact) mass is 264 g/mol. The third-order valence-electron chi connectivity index (χ3n) is 5.36. The van der Waals surface area contributed by atoms with Gasteiger partial charge >= 0.3 is 11.9 Å². The Kier molecular flexibility index (Phi) is 2.91. The van der Waals surface area contributed by atoms with Gasteiger partial charge in [0.15, 0.2) is 0 Å². The van der Waals surface area contributed by atoms with Gasteiger partial charge in [-0.1, -0.05) is 0 Å². The minimum Gasteiger partial charge on any atom is -0.481 e. The Morgan fingerprint density at radius 3 is 1.84 bits per heavy atom. The first-order chi connectivity index (χ1) is 8.97. The maximum Gasteiger partial charge on any atom is 0.328 e. The molecular formula is C15H20O4. The number of rotatable bonds is 4. The normalized spacial score (nSPS) is 40.4. The summed E-state index contributed by atoms with van der Waals surface area (Å²) in [6.45, 7) is 0. The molecule has 4 bridgehead atoms. The lowest BCUT2D eigenvalue weighted by atomic mass is 9.47. The van der Waals surface area contributed by atoms with Crippen LogP contribution in [0.3, 0.4) is 0 Å². The van der Waals surface area contributed by atoms with Crippen molar-refractivity contribution in [3.8, 4) is 0 Å². The second kappa shape index (κ2) is 4.36. The van der Waals surface area contributed by atoms with Gasteiger partial charge in [-0.25, -0.2) is 4.79 Å². The molecule has 19 heavy (non-hydrogen) atoms. The summed E-state index contributed by atoms with van der Waals surface area (Å²) in [5.41, 5.74) is 0.539.